The molecule has 1 aliphatic heterocycles. The van der Waals surface area contributed by atoms with E-state index in [9.17, 15) is 73.2 Å². The first kappa shape index (κ1) is 63.3. The van der Waals surface area contributed by atoms with E-state index in [4.69, 9.17) is 22.9 Å². The monoisotopic (exact) mass is 1030 g/mol. The van der Waals surface area contributed by atoms with Crippen molar-refractivity contribution in [2.75, 3.05) is 26.2 Å². The number of aliphatic imine (C=N–C) groups is 1. The molecule has 8 amide bonds. The number of carbonyl (C=O) groups excluding carboxylic acids is 8. The van der Waals surface area contributed by atoms with Crippen molar-refractivity contribution in [2.24, 2.45) is 39.8 Å². The van der Waals surface area contributed by atoms with Crippen molar-refractivity contribution in [1.82, 2.24) is 42.1 Å². The van der Waals surface area contributed by atoms with Crippen molar-refractivity contribution in [3.63, 3.8) is 0 Å². The number of nitrogens with zero attached hydrogens (tertiary/aromatic N) is 2. The van der Waals surface area contributed by atoms with Gasteiger partial charge in [-0.25, -0.2) is 4.79 Å². The number of amides is 8. The molecular formula is C44H77N13O15. The van der Waals surface area contributed by atoms with Crippen LogP contribution >= 0.6 is 0 Å². The van der Waals surface area contributed by atoms with Crippen molar-refractivity contribution in [3.8, 4) is 0 Å². The van der Waals surface area contributed by atoms with Gasteiger partial charge in [0.2, 0.25) is 47.3 Å². The highest BCUT2D eigenvalue weighted by atomic mass is 16.4. The highest BCUT2D eigenvalue weighted by Crippen LogP contribution is 2.22. The van der Waals surface area contributed by atoms with Gasteiger partial charge in [0.25, 0.3) is 0 Å². The Morgan fingerprint density at radius 2 is 1.11 bits per heavy atom. The van der Waals surface area contributed by atoms with Crippen LogP contribution in [-0.2, 0) is 52.7 Å². The minimum Gasteiger partial charge on any atom is -0.481 e. The summed E-state index contributed by atoms with van der Waals surface area (Å²) in [6.45, 7) is 7.56. The van der Waals surface area contributed by atoms with E-state index in [1.54, 1.807) is 20.8 Å². The normalized spacial score (nSPS) is 17.0. The zero-order chi connectivity index (χ0) is 54.8. The molecule has 1 rings (SSSR count). The molecule has 28 heteroatoms. The topological polar surface area (TPSA) is 473 Å². The van der Waals surface area contributed by atoms with E-state index < -0.39 is 158 Å². The van der Waals surface area contributed by atoms with E-state index in [2.05, 4.69) is 42.2 Å². The maximum atomic E-state index is 14.0. The van der Waals surface area contributed by atoms with Gasteiger partial charge in [0, 0.05) is 25.9 Å². The lowest BCUT2D eigenvalue weighted by Crippen LogP contribution is -2.61. The van der Waals surface area contributed by atoms with E-state index in [-0.39, 0.29) is 57.2 Å². The SMILES string of the molecule is CC[C@H](C)[C@H](NC(=O)[C@H](C)N)C(=O)N1CCC[C@H]1C(=O)N[C@H](C(=O)N[C@@H](CO)C(=O)N[C@@H](CCCN=C(N)N)C(=O)N[C@@H](CCC(=O)O)C(=O)N[C@@H](CCC(=O)O)C(=O)N[C@@H](CCCCN)C(=O)O)C(C)C. The lowest BCUT2D eigenvalue weighted by Gasteiger charge is -2.33. The lowest BCUT2D eigenvalue weighted by molar-refractivity contribution is -0.143. The first-order valence-corrected chi connectivity index (χ1v) is 24.0. The summed E-state index contributed by atoms with van der Waals surface area (Å²) in [7, 11) is 0. The van der Waals surface area contributed by atoms with E-state index in [1.165, 1.54) is 11.8 Å². The van der Waals surface area contributed by atoms with Gasteiger partial charge in [0.05, 0.1) is 12.6 Å². The molecule has 1 aliphatic rings. The number of carboxylic acids is 3. The third-order valence-electron chi connectivity index (χ3n) is 11.8. The van der Waals surface area contributed by atoms with Gasteiger partial charge in [0.1, 0.15) is 48.3 Å². The predicted octanol–water partition coefficient (Wildman–Crippen LogP) is -4.59. The highest BCUT2D eigenvalue weighted by Gasteiger charge is 2.41. The number of aliphatic carboxylic acids is 3. The summed E-state index contributed by atoms with van der Waals surface area (Å²) in [5, 5.41) is 55.7. The van der Waals surface area contributed by atoms with Gasteiger partial charge >= 0.3 is 17.9 Å². The molecule has 0 radical (unpaired) electrons. The third-order valence-corrected chi connectivity index (χ3v) is 11.8. The summed E-state index contributed by atoms with van der Waals surface area (Å²) >= 11 is 0. The molecule has 0 aromatic heterocycles. The number of hydrogen-bond acceptors (Lipinski definition) is 15. The number of guanidine groups is 1. The van der Waals surface area contributed by atoms with E-state index >= 15 is 0 Å². The minimum atomic E-state index is -1.76. The first-order valence-electron chi connectivity index (χ1n) is 24.0. The van der Waals surface area contributed by atoms with Gasteiger partial charge in [-0.3, -0.25) is 52.9 Å². The molecule has 0 spiro atoms. The van der Waals surface area contributed by atoms with Crippen LogP contribution in [0.4, 0.5) is 0 Å². The number of likely N-dealkylation sites (tertiary alicyclic amines) is 1. The maximum absolute atomic E-state index is 14.0. The number of carbonyl (C=O) groups is 11. The molecule has 1 saturated heterocycles. The number of rotatable bonds is 34. The Labute approximate surface area is 417 Å². The van der Waals surface area contributed by atoms with Crippen LogP contribution in [0.25, 0.3) is 0 Å². The van der Waals surface area contributed by atoms with Crippen LogP contribution in [0, 0.1) is 11.8 Å². The van der Waals surface area contributed by atoms with E-state index in [0.29, 0.717) is 25.7 Å². The Balaban J connectivity index is 3.41. The van der Waals surface area contributed by atoms with Gasteiger partial charge in [-0.2, -0.15) is 0 Å². The van der Waals surface area contributed by atoms with Crippen LogP contribution in [0.5, 0.6) is 0 Å². The smallest absolute Gasteiger partial charge is 0.326 e. The average molecular weight is 1030 g/mol. The van der Waals surface area contributed by atoms with Crippen LogP contribution in [0.1, 0.15) is 112 Å². The number of aliphatic hydroxyl groups is 1. The fourth-order valence-corrected chi connectivity index (χ4v) is 7.37. The molecule has 1 heterocycles. The van der Waals surface area contributed by atoms with Gasteiger partial charge in [0.15, 0.2) is 5.96 Å². The Morgan fingerprint density at radius 3 is 1.56 bits per heavy atom. The summed E-state index contributed by atoms with van der Waals surface area (Å²) < 4.78 is 0. The number of nitrogens with one attached hydrogen (secondary N) is 7. The van der Waals surface area contributed by atoms with Crippen LogP contribution in [-0.4, -0.2) is 177 Å². The zero-order valence-corrected chi connectivity index (χ0v) is 41.6. The lowest BCUT2D eigenvalue weighted by atomic mass is 9.97. The zero-order valence-electron chi connectivity index (χ0n) is 41.6. The quantitative estimate of drug-likeness (QED) is 0.0164. The fourth-order valence-electron chi connectivity index (χ4n) is 7.37. The number of hydrogen-bond donors (Lipinski definition) is 15. The number of aliphatic hydroxyl groups excluding tert-OH is 1. The van der Waals surface area contributed by atoms with Crippen molar-refractivity contribution in [3.05, 3.63) is 0 Å². The fraction of sp³-hybridized carbons (Fsp3) is 0.727. The minimum absolute atomic E-state index is 0.00459. The van der Waals surface area contributed by atoms with Gasteiger partial charge in [-0.05, 0) is 83.1 Å². The molecule has 0 saturated carbocycles. The maximum Gasteiger partial charge on any atom is 0.326 e. The Hall–Kier alpha value is -6.68. The summed E-state index contributed by atoms with van der Waals surface area (Å²) in [6, 6.07) is -12.5. The summed E-state index contributed by atoms with van der Waals surface area (Å²) in [5.41, 5.74) is 22.1. The standard InChI is InChI=1S/C44H77N13O15/c1-6-23(4)34(56-35(63)24(5)46)42(70)57-20-10-13-30(57)40(68)55-33(22(2)3)41(69)54-29(21-58)39(67)50-25(12-9-19-49-44(47)48)36(64)51-26(14-16-31(59)60)37(65)52-27(15-17-32(61)62)38(66)53-28(43(71)72)11-7-8-18-45/h22-30,33-34,58H,6-21,45-46H2,1-5H3,(H,50,67)(H,51,64)(H,52,65)(H,53,66)(H,54,69)(H,55,68)(H,56,63)(H,59,60)(H,61,62)(H,71,72)(H4,47,48,49)/t23-,24-,25-,26-,27-,28-,29-,30-,33-,34-/m0/s1. The van der Waals surface area contributed by atoms with Crippen LogP contribution in [0.2, 0.25) is 0 Å². The van der Waals surface area contributed by atoms with Gasteiger partial charge in [-0.15, -0.1) is 0 Å². The van der Waals surface area contributed by atoms with E-state index in [0.717, 1.165) is 0 Å². The molecule has 408 valence electrons. The highest BCUT2D eigenvalue weighted by molar-refractivity contribution is 5.98. The Bertz CT molecular complexity index is 1920. The largest absolute Gasteiger partial charge is 0.481 e. The second-order valence-electron chi connectivity index (χ2n) is 18.0. The van der Waals surface area contributed by atoms with Crippen LogP contribution < -0.4 is 60.2 Å². The number of carboxylic acid groups (broad SMARTS) is 3. The summed E-state index contributed by atoms with van der Waals surface area (Å²) in [4.78, 5) is 149. The molecule has 0 bridgehead atoms. The Kier molecular flexibility index (Phi) is 28.4. The van der Waals surface area contributed by atoms with Crippen molar-refractivity contribution < 1.29 is 73.2 Å². The molecule has 72 heavy (non-hydrogen) atoms. The van der Waals surface area contributed by atoms with Crippen molar-refractivity contribution >= 4 is 71.1 Å². The molecule has 28 nitrogen and oxygen atoms in total. The van der Waals surface area contributed by atoms with Gasteiger partial charge < -0.3 is 85.5 Å². The first-order chi connectivity index (χ1) is 33.8. The second-order valence-corrected chi connectivity index (χ2v) is 18.0. The molecule has 0 aromatic carbocycles. The van der Waals surface area contributed by atoms with Crippen LogP contribution in [0.3, 0.4) is 0 Å². The molecular weight excluding hydrogens is 951 g/mol. The summed E-state index contributed by atoms with van der Waals surface area (Å²) in [6.07, 6.45) is -0.940. The predicted molar refractivity (Wildman–Crippen MR) is 257 cm³/mol. The number of unbranched alkanes of at least 4 members (excludes halogenated alkanes) is 1. The molecule has 10 atom stereocenters. The molecule has 0 aromatic rings. The average Bonchev–Trinajstić information content (AvgIpc) is 3.81. The second kappa shape index (κ2) is 32.3. The van der Waals surface area contributed by atoms with Crippen LogP contribution in [0.15, 0.2) is 4.99 Å². The molecule has 0 aliphatic carbocycles. The number of nitrogens with two attached hydrogens (primary N) is 4. The third kappa shape index (κ3) is 22.2. The van der Waals surface area contributed by atoms with Crippen molar-refractivity contribution in [2.45, 2.75) is 166 Å². The molecule has 19 N–H and O–H groups in total. The molecule has 0 unspecified atom stereocenters. The Morgan fingerprint density at radius 1 is 0.625 bits per heavy atom. The van der Waals surface area contributed by atoms with E-state index in [1.807, 2.05) is 6.92 Å². The van der Waals surface area contributed by atoms with Gasteiger partial charge in [-0.1, -0.05) is 34.1 Å². The van der Waals surface area contributed by atoms with Crippen molar-refractivity contribution in [1.29, 1.82) is 0 Å². The molecule has 1 fully saturated rings. The summed E-state index contributed by atoms with van der Waals surface area (Å²) in [5.74, 6) is -12.6.